The molecule has 1 unspecified atom stereocenters. The number of carbonyl (C=O) groups is 2. The molecule has 0 saturated carbocycles. The lowest BCUT2D eigenvalue weighted by Gasteiger charge is -2.27. The van der Waals surface area contributed by atoms with Crippen LogP contribution in [0.2, 0.25) is 0 Å². The SMILES string of the molecule is CCCCCC/C=C\CC(CCCCC(=O)O)N(N)CCCCCC(=O)O. The zero-order valence-electron chi connectivity index (χ0n) is 17.1. The second kappa shape index (κ2) is 18.0. The number of hydrogen-bond acceptors (Lipinski definition) is 4. The molecule has 158 valence electrons. The summed E-state index contributed by atoms with van der Waals surface area (Å²) in [5, 5.41) is 19.3. The van der Waals surface area contributed by atoms with Gasteiger partial charge in [-0.25, -0.2) is 5.01 Å². The molecule has 0 fully saturated rings. The van der Waals surface area contributed by atoms with E-state index in [0.717, 1.165) is 45.1 Å². The van der Waals surface area contributed by atoms with Gasteiger partial charge in [0.2, 0.25) is 0 Å². The van der Waals surface area contributed by atoms with Gasteiger partial charge in [-0.1, -0.05) is 51.2 Å². The summed E-state index contributed by atoms with van der Waals surface area (Å²) in [6, 6.07) is 0.213. The van der Waals surface area contributed by atoms with E-state index >= 15 is 0 Å². The van der Waals surface area contributed by atoms with Crippen molar-refractivity contribution in [1.29, 1.82) is 0 Å². The first-order valence-corrected chi connectivity index (χ1v) is 10.6. The fourth-order valence-corrected chi connectivity index (χ4v) is 3.07. The third kappa shape index (κ3) is 17.8. The number of allylic oxidation sites excluding steroid dienone is 1. The highest BCUT2D eigenvalue weighted by atomic mass is 16.4. The normalized spacial score (nSPS) is 12.7. The van der Waals surface area contributed by atoms with Crippen molar-refractivity contribution in [2.45, 2.75) is 103 Å². The van der Waals surface area contributed by atoms with Gasteiger partial charge in [-0.3, -0.25) is 15.4 Å². The highest BCUT2D eigenvalue weighted by Crippen LogP contribution is 2.14. The van der Waals surface area contributed by atoms with Crippen LogP contribution in [0.15, 0.2) is 12.2 Å². The maximum absolute atomic E-state index is 10.7. The number of hydrazine groups is 1. The number of carboxylic acids is 2. The van der Waals surface area contributed by atoms with E-state index in [4.69, 9.17) is 16.1 Å². The van der Waals surface area contributed by atoms with Gasteiger partial charge in [-0.05, 0) is 44.9 Å². The first-order valence-electron chi connectivity index (χ1n) is 10.6. The van der Waals surface area contributed by atoms with Crippen molar-refractivity contribution in [3.63, 3.8) is 0 Å². The average molecular weight is 385 g/mol. The van der Waals surface area contributed by atoms with Gasteiger partial charge in [-0.15, -0.1) is 0 Å². The van der Waals surface area contributed by atoms with Crippen LogP contribution in [0.4, 0.5) is 0 Å². The smallest absolute Gasteiger partial charge is 0.303 e. The maximum atomic E-state index is 10.7. The van der Waals surface area contributed by atoms with Crippen molar-refractivity contribution >= 4 is 11.9 Å². The molecule has 0 aromatic rings. The molecule has 4 N–H and O–H groups in total. The molecule has 0 aliphatic carbocycles. The molecule has 0 spiro atoms. The molecule has 6 heteroatoms. The summed E-state index contributed by atoms with van der Waals surface area (Å²) in [4.78, 5) is 21.2. The number of rotatable bonds is 19. The number of carboxylic acid groups (broad SMARTS) is 2. The highest BCUT2D eigenvalue weighted by molar-refractivity contribution is 5.66. The van der Waals surface area contributed by atoms with E-state index in [-0.39, 0.29) is 18.9 Å². The Morgan fingerprint density at radius 2 is 1.52 bits per heavy atom. The summed E-state index contributed by atoms with van der Waals surface area (Å²) in [5.41, 5.74) is 0. The first-order chi connectivity index (χ1) is 13.0. The average Bonchev–Trinajstić information content (AvgIpc) is 2.61. The maximum Gasteiger partial charge on any atom is 0.303 e. The number of nitrogens with two attached hydrogens (primary N) is 1. The number of nitrogens with zero attached hydrogens (tertiary/aromatic N) is 1. The largest absolute Gasteiger partial charge is 0.481 e. The van der Waals surface area contributed by atoms with E-state index in [1.54, 1.807) is 0 Å². The van der Waals surface area contributed by atoms with Gasteiger partial charge in [0.25, 0.3) is 0 Å². The van der Waals surface area contributed by atoms with Gasteiger partial charge >= 0.3 is 11.9 Å². The number of unbranched alkanes of at least 4 members (excludes halogenated alkanes) is 7. The monoisotopic (exact) mass is 384 g/mol. The minimum atomic E-state index is -0.750. The molecule has 0 aliphatic rings. The molecule has 27 heavy (non-hydrogen) atoms. The Balaban J connectivity index is 4.21. The van der Waals surface area contributed by atoms with Gasteiger partial charge in [0.1, 0.15) is 0 Å². The van der Waals surface area contributed by atoms with E-state index in [9.17, 15) is 9.59 Å². The third-order valence-corrected chi connectivity index (χ3v) is 4.75. The minimum Gasteiger partial charge on any atom is -0.481 e. The Morgan fingerprint density at radius 3 is 2.15 bits per heavy atom. The summed E-state index contributed by atoms with van der Waals surface area (Å²) in [5.74, 6) is 4.75. The molecule has 0 amide bonds. The number of aliphatic carboxylic acids is 2. The summed E-state index contributed by atoms with van der Waals surface area (Å²) in [7, 11) is 0. The topological polar surface area (TPSA) is 104 Å². The van der Waals surface area contributed by atoms with Crippen molar-refractivity contribution in [3.05, 3.63) is 12.2 Å². The Labute approximate surface area is 164 Å². The van der Waals surface area contributed by atoms with Crippen LogP contribution >= 0.6 is 0 Å². The Kier molecular flexibility index (Phi) is 17.1. The third-order valence-electron chi connectivity index (χ3n) is 4.75. The van der Waals surface area contributed by atoms with Crippen LogP contribution in [-0.2, 0) is 9.59 Å². The summed E-state index contributed by atoms with van der Waals surface area (Å²) >= 11 is 0. The van der Waals surface area contributed by atoms with E-state index < -0.39 is 11.9 Å². The Hall–Kier alpha value is -1.40. The molecule has 0 bridgehead atoms. The Bertz CT molecular complexity index is 413. The fourth-order valence-electron chi connectivity index (χ4n) is 3.07. The zero-order valence-corrected chi connectivity index (χ0v) is 17.1. The first kappa shape index (κ1) is 25.6. The van der Waals surface area contributed by atoms with E-state index in [1.807, 2.05) is 5.01 Å². The minimum absolute atomic E-state index is 0.208. The highest BCUT2D eigenvalue weighted by Gasteiger charge is 2.14. The molecule has 0 saturated heterocycles. The van der Waals surface area contributed by atoms with E-state index in [2.05, 4.69) is 19.1 Å². The fraction of sp³-hybridized carbons (Fsp3) is 0.810. The molecule has 0 aromatic carbocycles. The number of hydrogen-bond donors (Lipinski definition) is 3. The second-order valence-corrected chi connectivity index (χ2v) is 7.29. The molecular formula is C21H40N2O4. The predicted molar refractivity (Wildman–Crippen MR) is 109 cm³/mol. The van der Waals surface area contributed by atoms with Gasteiger partial charge in [0.05, 0.1) is 0 Å². The van der Waals surface area contributed by atoms with Crippen LogP contribution in [0.3, 0.4) is 0 Å². The van der Waals surface area contributed by atoms with Crippen molar-refractivity contribution in [2.24, 2.45) is 5.84 Å². The second-order valence-electron chi connectivity index (χ2n) is 7.29. The van der Waals surface area contributed by atoms with Crippen LogP contribution in [0.5, 0.6) is 0 Å². The molecule has 0 radical (unpaired) electrons. The molecule has 0 rings (SSSR count). The molecule has 6 nitrogen and oxygen atoms in total. The Morgan fingerprint density at radius 1 is 0.889 bits per heavy atom. The molecule has 0 aromatic heterocycles. The molecule has 1 atom stereocenters. The summed E-state index contributed by atoms with van der Waals surface area (Å²) in [6.07, 6.45) is 16.7. The summed E-state index contributed by atoms with van der Waals surface area (Å²) in [6.45, 7) is 2.95. The van der Waals surface area contributed by atoms with Gasteiger partial charge in [0, 0.05) is 25.4 Å². The van der Waals surface area contributed by atoms with Crippen LogP contribution in [0.1, 0.15) is 96.8 Å². The van der Waals surface area contributed by atoms with Gasteiger partial charge in [-0.2, -0.15) is 0 Å². The van der Waals surface area contributed by atoms with Crippen molar-refractivity contribution in [3.8, 4) is 0 Å². The molecule has 0 heterocycles. The van der Waals surface area contributed by atoms with Crippen LogP contribution in [0.25, 0.3) is 0 Å². The van der Waals surface area contributed by atoms with Crippen LogP contribution < -0.4 is 5.84 Å². The van der Waals surface area contributed by atoms with E-state index in [0.29, 0.717) is 12.8 Å². The van der Waals surface area contributed by atoms with Crippen LogP contribution in [-0.4, -0.2) is 39.7 Å². The predicted octanol–water partition coefficient (Wildman–Crippen LogP) is 4.74. The van der Waals surface area contributed by atoms with Crippen LogP contribution in [0, 0.1) is 0 Å². The van der Waals surface area contributed by atoms with Crippen molar-refractivity contribution < 1.29 is 19.8 Å². The lowest BCUT2D eigenvalue weighted by molar-refractivity contribution is -0.138. The van der Waals surface area contributed by atoms with Crippen molar-refractivity contribution in [1.82, 2.24) is 5.01 Å². The van der Waals surface area contributed by atoms with Gasteiger partial charge < -0.3 is 10.2 Å². The van der Waals surface area contributed by atoms with E-state index in [1.165, 1.54) is 25.7 Å². The molecular weight excluding hydrogens is 344 g/mol. The van der Waals surface area contributed by atoms with Gasteiger partial charge in [0.15, 0.2) is 0 Å². The van der Waals surface area contributed by atoms with Crippen molar-refractivity contribution in [2.75, 3.05) is 6.54 Å². The summed E-state index contributed by atoms with van der Waals surface area (Å²) < 4.78 is 0. The molecule has 0 aliphatic heterocycles. The lowest BCUT2D eigenvalue weighted by atomic mass is 10.0. The zero-order chi connectivity index (χ0) is 20.3. The standard InChI is InChI=1S/C21H40N2O4/c1-2-3-4-5-6-7-9-14-19(15-11-12-17-21(26)27)23(22)18-13-8-10-16-20(24)25/h7,9,19H,2-6,8,10-18,22H2,1H3,(H,24,25)(H,26,27)/b9-7-. The lowest BCUT2D eigenvalue weighted by Crippen LogP contribution is -2.41. The quantitative estimate of drug-likeness (QED) is 0.129.